The number of benzene rings is 2. The Bertz CT molecular complexity index is 848. The van der Waals surface area contributed by atoms with E-state index in [1.807, 2.05) is 19.1 Å². The number of ether oxygens (including phenoxy) is 2. The molecule has 1 atom stereocenters. The zero-order valence-corrected chi connectivity index (χ0v) is 15.5. The predicted octanol–water partition coefficient (Wildman–Crippen LogP) is 3.14. The lowest BCUT2D eigenvalue weighted by Crippen LogP contribution is -2.42. The zero-order chi connectivity index (χ0) is 19.4. The van der Waals surface area contributed by atoms with Crippen LogP contribution in [0, 0.1) is 0 Å². The fourth-order valence-electron chi connectivity index (χ4n) is 3.26. The number of carbonyl (C=O) groups excluding carboxylic acids is 1. The van der Waals surface area contributed by atoms with Crippen LogP contribution in [0.5, 0.6) is 11.5 Å². The average molecular weight is 369 g/mol. The minimum atomic E-state index is -1.02. The molecule has 1 aliphatic heterocycles. The molecule has 6 heteroatoms. The van der Waals surface area contributed by atoms with Crippen LogP contribution in [0.2, 0.25) is 0 Å². The van der Waals surface area contributed by atoms with E-state index in [1.54, 1.807) is 37.4 Å². The van der Waals surface area contributed by atoms with Crippen molar-refractivity contribution in [1.29, 1.82) is 0 Å². The van der Waals surface area contributed by atoms with Crippen LogP contribution in [-0.4, -0.2) is 41.6 Å². The molecule has 1 amide bonds. The lowest BCUT2D eigenvalue weighted by atomic mass is 10.0. The fourth-order valence-corrected chi connectivity index (χ4v) is 3.26. The Morgan fingerprint density at radius 2 is 2.00 bits per heavy atom. The lowest BCUT2D eigenvalue weighted by molar-refractivity contribution is -0.142. The summed E-state index contributed by atoms with van der Waals surface area (Å²) in [6.45, 7) is 2.86. The molecule has 2 aromatic carbocycles. The SMILES string of the molecule is CCCOc1cc(CC(C(=O)O)N2Cc3ccccc3C2=O)ccc1OC. The zero-order valence-electron chi connectivity index (χ0n) is 15.5. The first-order valence-corrected chi connectivity index (χ1v) is 8.96. The summed E-state index contributed by atoms with van der Waals surface area (Å²) in [5.74, 6) is -0.0854. The van der Waals surface area contributed by atoms with Crippen molar-refractivity contribution in [2.24, 2.45) is 0 Å². The molecule has 0 bridgehead atoms. The first-order valence-electron chi connectivity index (χ1n) is 8.96. The van der Waals surface area contributed by atoms with E-state index in [0.717, 1.165) is 17.5 Å². The molecule has 2 aromatic rings. The van der Waals surface area contributed by atoms with Crippen LogP contribution < -0.4 is 9.47 Å². The first kappa shape index (κ1) is 18.8. The van der Waals surface area contributed by atoms with E-state index in [2.05, 4.69) is 0 Å². The monoisotopic (exact) mass is 369 g/mol. The summed E-state index contributed by atoms with van der Waals surface area (Å²) in [6, 6.07) is 11.6. The number of carbonyl (C=O) groups is 2. The Balaban J connectivity index is 1.84. The number of carboxylic acids is 1. The van der Waals surface area contributed by atoms with Gasteiger partial charge in [-0.05, 0) is 35.7 Å². The van der Waals surface area contributed by atoms with E-state index in [9.17, 15) is 14.7 Å². The summed E-state index contributed by atoms with van der Waals surface area (Å²) in [5, 5.41) is 9.75. The van der Waals surface area contributed by atoms with Crippen LogP contribution in [0.3, 0.4) is 0 Å². The molecule has 1 aliphatic rings. The summed E-state index contributed by atoms with van der Waals surface area (Å²) in [7, 11) is 1.56. The van der Waals surface area contributed by atoms with Crippen molar-refractivity contribution < 1.29 is 24.2 Å². The number of nitrogens with zero attached hydrogens (tertiary/aromatic N) is 1. The van der Waals surface area contributed by atoms with E-state index in [4.69, 9.17) is 9.47 Å². The number of rotatable bonds is 8. The lowest BCUT2D eigenvalue weighted by Gasteiger charge is -2.24. The molecular formula is C21H23NO5. The molecule has 142 valence electrons. The Labute approximate surface area is 158 Å². The highest BCUT2D eigenvalue weighted by molar-refractivity contribution is 6.00. The van der Waals surface area contributed by atoms with Crippen molar-refractivity contribution in [3.8, 4) is 11.5 Å². The third-order valence-electron chi connectivity index (χ3n) is 4.63. The van der Waals surface area contributed by atoms with E-state index < -0.39 is 12.0 Å². The van der Waals surface area contributed by atoms with Gasteiger partial charge in [-0.15, -0.1) is 0 Å². The molecule has 0 aliphatic carbocycles. The summed E-state index contributed by atoms with van der Waals surface area (Å²) in [4.78, 5) is 26.0. The van der Waals surface area contributed by atoms with E-state index in [-0.39, 0.29) is 12.3 Å². The van der Waals surface area contributed by atoms with Crippen molar-refractivity contribution in [3.05, 3.63) is 59.2 Å². The summed E-state index contributed by atoms with van der Waals surface area (Å²) in [5.41, 5.74) is 2.21. The average Bonchev–Trinajstić information content (AvgIpc) is 3.01. The molecule has 1 unspecified atom stereocenters. The van der Waals surface area contributed by atoms with Gasteiger partial charge >= 0.3 is 5.97 Å². The Hall–Kier alpha value is -3.02. The molecule has 0 saturated carbocycles. The topological polar surface area (TPSA) is 76.1 Å². The molecule has 6 nitrogen and oxygen atoms in total. The maximum absolute atomic E-state index is 12.7. The molecule has 0 fully saturated rings. The van der Waals surface area contributed by atoms with Crippen molar-refractivity contribution in [2.75, 3.05) is 13.7 Å². The van der Waals surface area contributed by atoms with E-state index >= 15 is 0 Å². The molecule has 1 heterocycles. The van der Waals surface area contributed by atoms with Gasteiger partial charge in [0.15, 0.2) is 11.5 Å². The second-order valence-electron chi connectivity index (χ2n) is 6.48. The summed E-state index contributed by atoms with van der Waals surface area (Å²) >= 11 is 0. The van der Waals surface area contributed by atoms with Crippen LogP contribution in [0.25, 0.3) is 0 Å². The predicted molar refractivity (Wildman–Crippen MR) is 100 cm³/mol. The van der Waals surface area contributed by atoms with Gasteiger partial charge in [-0.3, -0.25) is 4.79 Å². The van der Waals surface area contributed by atoms with Gasteiger partial charge in [0, 0.05) is 18.5 Å². The maximum atomic E-state index is 12.7. The molecule has 1 N–H and O–H groups in total. The van der Waals surface area contributed by atoms with Gasteiger partial charge in [-0.25, -0.2) is 4.79 Å². The Kier molecular flexibility index (Phi) is 5.64. The molecule has 0 saturated heterocycles. The van der Waals surface area contributed by atoms with Gasteiger partial charge < -0.3 is 19.5 Å². The van der Waals surface area contributed by atoms with Crippen LogP contribution in [0.4, 0.5) is 0 Å². The van der Waals surface area contributed by atoms with Gasteiger partial charge in [0.1, 0.15) is 6.04 Å². The van der Waals surface area contributed by atoms with Crippen molar-refractivity contribution in [3.63, 3.8) is 0 Å². The molecular weight excluding hydrogens is 346 g/mol. The molecule has 0 aromatic heterocycles. The van der Waals surface area contributed by atoms with E-state index in [0.29, 0.717) is 30.2 Å². The summed E-state index contributed by atoms with van der Waals surface area (Å²) in [6.07, 6.45) is 1.05. The van der Waals surface area contributed by atoms with Crippen LogP contribution in [0.15, 0.2) is 42.5 Å². The highest BCUT2D eigenvalue weighted by Crippen LogP contribution is 2.30. The second kappa shape index (κ2) is 8.12. The number of fused-ring (bicyclic) bond motifs is 1. The third kappa shape index (κ3) is 3.89. The second-order valence-corrected chi connectivity index (χ2v) is 6.48. The number of hydrogen-bond donors (Lipinski definition) is 1. The molecule has 3 rings (SSSR count). The van der Waals surface area contributed by atoms with Crippen molar-refractivity contribution in [2.45, 2.75) is 32.4 Å². The van der Waals surface area contributed by atoms with E-state index in [1.165, 1.54) is 4.90 Å². The minimum absolute atomic E-state index is 0.196. The van der Waals surface area contributed by atoms with Crippen LogP contribution in [0.1, 0.15) is 34.8 Å². The maximum Gasteiger partial charge on any atom is 0.326 e. The largest absolute Gasteiger partial charge is 0.493 e. The number of hydrogen-bond acceptors (Lipinski definition) is 4. The molecule has 0 radical (unpaired) electrons. The number of methoxy groups -OCH3 is 1. The number of amides is 1. The smallest absolute Gasteiger partial charge is 0.326 e. The van der Waals surface area contributed by atoms with Gasteiger partial charge in [0.25, 0.3) is 5.91 Å². The first-order chi connectivity index (χ1) is 13.0. The van der Waals surface area contributed by atoms with Crippen LogP contribution >= 0.6 is 0 Å². The standard InChI is InChI=1S/C21H23NO5/c1-3-10-27-19-12-14(8-9-18(19)26-2)11-17(21(24)25)22-13-15-6-4-5-7-16(15)20(22)23/h4-9,12,17H,3,10-11,13H2,1-2H3,(H,24,25). The van der Waals surface area contributed by atoms with Gasteiger partial charge in [-0.1, -0.05) is 31.2 Å². The van der Waals surface area contributed by atoms with Crippen molar-refractivity contribution in [1.82, 2.24) is 4.90 Å². The normalized spacial score (nSPS) is 14.0. The number of aliphatic carboxylic acids is 1. The quantitative estimate of drug-likeness (QED) is 0.774. The Morgan fingerprint density at radius 3 is 2.67 bits per heavy atom. The van der Waals surface area contributed by atoms with Crippen molar-refractivity contribution >= 4 is 11.9 Å². The summed E-state index contributed by atoms with van der Waals surface area (Å²) < 4.78 is 11.0. The Morgan fingerprint density at radius 1 is 1.22 bits per heavy atom. The van der Waals surface area contributed by atoms with Gasteiger partial charge in [0.05, 0.1) is 13.7 Å². The minimum Gasteiger partial charge on any atom is -0.493 e. The number of carboxylic acid groups (broad SMARTS) is 1. The third-order valence-corrected chi connectivity index (χ3v) is 4.63. The fraction of sp³-hybridized carbons (Fsp3) is 0.333. The van der Waals surface area contributed by atoms with Gasteiger partial charge in [-0.2, -0.15) is 0 Å². The molecule has 0 spiro atoms. The molecule has 27 heavy (non-hydrogen) atoms. The highest BCUT2D eigenvalue weighted by atomic mass is 16.5. The van der Waals surface area contributed by atoms with Crippen LogP contribution in [-0.2, 0) is 17.8 Å². The van der Waals surface area contributed by atoms with Gasteiger partial charge in [0.2, 0.25) is 0 Å². The highest BCUT2D eigenvalue weighted by Gasteiger charge is 2.36.